The second kappa shape index (κ2) is 10.5. The van der Waals surface area contributed by atoms with Crippen molar-refractivity contribution in [3.8, 4) is 0 Å². The number of rotatable bonds is 10. The van der Waals surface area contributed by atoms with Crippen LogP contribution < -0.4 is 15.4 Å². The first-order valence-electron chi connectivity index (χ1n) is 8.95. The van der Waals surface area contributed by atoms with Crippen molar-refractivity contribution in [1.29, 1.82) is 0 Å². The van der Waals surface area contributed by atoms with E-state index in [1.54, 1.807) is 13.0 Å². The van der Waals surface area contributed by atoms with Crippen LogP contribution in [0.2, 0.25) is 0 Å². The van der Waals surface area contributed by atoms with Crippen LogP contribution in [0.4, 0.5) is 4.39 Å². The second-order valence-electron chi connectivity index (χ2n) is 6.67. The lowest BCUT2D eigenvalue weighted by Gasteiger charge is -2.24. The zero-order chi connectivity index (χ0) is 19.6. The summed E-state index contributed by atoms with van der Waals surface area (Å²) in [5.74, 6) is 0.495. The van der Waals surface area contributed by atoms with Crippen molar-refractivity contribution in [1.82, 2.24) is 15.4 Å². The number of benzene rings is 1. The van der Waals surface area contributed by atoms with Crippen molar-refractivity contribution >= 4 is 16.0 Å². The molecule has 0 saturated carbocycles. The monoisotopic (exact) mass is 386 g/mol. The van der Waals surface area contributed by atoms with Crippen molar-refractivity contribution in [2.75, 3.05) is 31.9 Å². The Kier molecular flexibility index (Phi) is 9.01. The summed E-state index contributed by atoms with van der Waals surface area (Å²) in [6.45, 7) is 9.82. The quantitative estimate of drug-likeness (QED) is 0.326. The van der Waals surface area contributed by atoms with Gasteiger partial charge in [-0.15, -0.1) is 0 Å². The van der Waals surface area contributed by atoms with Crippen molar-refractivity contribution in [2.45, 2.75) is 39.5 Å². The molecule has 0 aliphatic carbocycles. The maximum atomic E-state index is 13.5. The summed E-state index contributed by atoms with van der Waals surface area (Å²) in [5, 5.41) is 6.35. The van der Waals surface area contributed by atoms with E-state index in [2.05, 4.69) is 20.3 Å². The van der Waals surface area contributed by atoms with E-state index in [9.17, 15) is 12.8 Å². The normalized spacial score (nSPS) is 12.9. The van der Waals surface area contributed by atoms with E-state index >= 15 is 0 Å². The van der Waals surface area contributed by atoms with Crippen LogP contribution in [-0.2, 0) is 15.4 Å². The van der Waals surface area contributed by atoms with Crippen LogP contribution in [0.15, 0.2) is 29.3 Å². The lowest BCUT2D eigenvalue weighted by Crippen LogP contribution is -2.40. The fourth-order valence-corrected chi connectivity index (χ4v) is 2.90. The Morgan fingerprint density at radius 3 is 2.54 bits per heavy atom. The van der Waals surface area contributed by atoms with E-state index in [0.29, 0.717) is 38.6 Å². The third-order valence-electron chi connectivity index (χ3n) is 3.93. The average molecular weight is 387 g/mol. The molecule has 0 unspecified atom stereocenters. The molecule has 0 aliphatic rings. The summed E-state index contributed by atoms with van der Waals surface area (Å²) < 4.78 is 38.7. The number of nitrogens with zero attached hydrogens (tertiary/aromatic N) is 1. The molecule has 8 heteroatoms. The number of sulfonamides is 1. The van der Waals surface area contributed by atoms with Gasteiger partial charge in [-0.1, -0.05) is 26.0 Å². The van der Waals surface area contributed by atoms with Gasteiger partial charge in [-0.05, 0) is 38.0 Å². The Hall–Kier alpha value is -1.67. The van der Waals surface area contributed by atoms with E-state index in [4.69, 9.17) is 0 Å². The van der Waals surface area contributed by atoms with Gasteiger partial charge in [0.2, 0.25) is 10.0 Å². The molecule has 3 N–H and O–H groups in total. The third kappa shape index (κ3) is 8.14. The number of hydrogen-bond acceptors (Lipinski definition) is 3. The smallest absolute Gasteiger partial charge is 0.211 e. The first kappa shape index (κ1) is 22.4. The first-order chi connectivity index (χ1) is 12.2. The molecule has 1 rings (SSSR count). The van der Waals surface area contributed by atoms with Crippen LogP contribution in [0.1, 0.15) is 39.7 Å². The van der Waals surface area contributed by atoms with Gasteiger partial charge in [-0.2, -0.15) is 0 Å². The van der Waals surface area contributed by atoms with Crippen LogP contribution in [0.25, 0.3) is 0 Å². The Labute approximate surface area is 156 Å². The molecule has 1 aromatic carbocycles. The third-order valence-corrected chi connectivity index (χ3v) is 5.33. The van der Waals surface area contributed by atoms with Gasteiger partial charge >= 0.3 is 0 Å². The van der Waals surface area contributed by atoms with Gasteiger partial charge in [-0.25, -0.2) is 17.5 Å². The molecule has 0 spiro atoms. The maximum absolute atomic E-state index is 13.5. The molecule has 26 heavy (non-hydrogen) atoms. The summed E-state index contributed by atoms with van der Waals surface area (Å²) in [7, 11) is -3.15. The molecule has 148 valence electrons. The molecule has 0 bridgehead atoms. The fraction of sp³-hybridized carbons (Fsp3) is 0.611. The number of aliphatic imine (C=N–C) groups is 1. The predicted octanol–water partition coefficient (Wildman–Crippen LogP) is 1.99. The average Bonchev–Trinajstić information content (AvgIpc) is 2.59. The number of nitrogens with one attached hydrogen (secondary N) is 3. The molecular formula is C18H31FN4O2S. The molecule has 6 nitrogen and oxygen atoms in total. The minimum Gasteiger partial charge on any atom is -0.357 e. The summed E-state index contributed by atoms with van der Waals surface area (Å²) in [6.07, 6.45) is 0.650. The molecule has 0 heterocycles. The molecular weight excluding hydrogens is 355 g/mol. The van der Waals surface area contributed by atoms with Crippen LogP contribution in [0.3, 0.4) is 0 Å². The van der Waals surface area contributed by atoms with E-state index in [1.807, 2.05) is 26.8 Å². The first-order valence-corrected chi connectivity index (χ1v) is 10.6. The number of hydrogen-bond donors (Lipinski definition) is 3. The Morgan fingerprint density at radius 1 is 1.19 bits per heavy atom. The summed E-state index contributed by atoms with van der Waals surface area (Å²) in [4.78, 5) is 4.59. The van der Waals surface area contributed by atoms with E-state index < -0.39 is 10.0 Å². The van der Waals surface area contributed by atoms with Gasteiger partial charge in [0.1, 0.15) is 5.82 Å². The van der Waals surface area contributed by atoms with Gasteiger partial charge in [0.15, 0.2) is 5.96 Å². The van der Waals surface area contributed by atoms with Gasteiger partial charge in [0, 0.05) is 25.0 Å². The van der Waals surface area contributed by atoms with Gasteiger partial charge in [0.05, 0.1) is 12.3 Å². The zero-order valence-electron chi connectivity index (χ0n) is 16.1. The SMILES string of the molecule is CCNC(=NCC(C)(C)c1cccc(F)c1)NCCCNS(=O)(=O)CC. The summed E-state index contributed by atoms with van der Waals surface area (Å²) in [6, 6.07) is 6.58. The van der Waals surface area contributed by atoms with E-state index in [0.717, 1.165) is 5.56 Å². The van der Waals surface area contributed by atoms with E-state index in [-0.39, 0.29) is 17.0 Å². The molecule has 0 fully saturated rings. The van der Waals surface area contributed by atoms with Crippen molar-refractivity contribution in [2.24, 2.45) is 4.99 Å². The highest BCUT2D eigenvalue weighted by Gasteiger charge is 2.21. The lowest BCUT2D eigenvalue weighted by atomic mass is 9.85. The summed E-state index contributed by atoms with van der Waals surface area (Å²) in [5.41, 5.74) is 0.590. The molecule has 0 amide bonds. The van der Waals surface area contributed by atoms with Crippen LogP contribution in [-0.4, -0.2) is 46.3 Å². The molecule has 0 saturated heterocycles. The highest BCUT2D eigenvalue weighted by molar-refractivity contribution is 7.89. The number of guanidine groups is 1. The Balaban J connectivity index is 2.57. The van der Waals surface area contributed by atoms with Crippen LogP contribution in [0.5, 0.6) is 0 Å². The van der Waals surface area contributed by atoms with Gasteiger partial charge in [0.25, 0.3) is 0 Å². The molecule has 0 aliphatic heterocycles. The highest BCUT2D eigenvalue weighted by Crippen LogP contribution is 2.24. The zero-order valence-corrected chi connectivity index (χ0v) is 16.9. The maximum Gasteiger partial charge on any atom is 0.211 e. The fourth-order valence-electron chi connectivity index (χ4n) is 2.24. The Morgan fingerprint density at radius 2 is 1.92 bits per heavy atom. The molecule has 0 radical (unpaired) electrons. The highest BCUT2D eigenvalue weighted by atomic mass is 32.2. The van der Waals surface area contributed by atoms with Crippen molar-refractivity contribution in [3.63, 3.8) is 0 Å². The van der Waals surface area contributed by atoms with Crippen molar-refractivity contribution in [3.05, 3.63) is 35.6 Å². The predicted molar refractivity (Wildman–Crippen MR) is 105 cm³/mol. The van der Waals surface area contributed by atoms with Crippen LogP contribution >= 0.6 is 0 Å². The second-order valence-corrected chi connectivity index (χ2v) is 8.76. The molecule has 0 aromatic heterocycles. The van der Waals surface area contributed by atoms with Crippen LogP contribution in [0, 0.1) is 5.82 Å². The standard InChI is InChI=1S/C18H31FN4O2S/c1-5-20-17(21-11-8-12-23-26(24,25)6-2)22-14-18(3,4)15-9-7-10-16(19)13-15/h7,9-10,13,23H,5-6,8,11-12,14H2,1-4H3,(H2,20,21,22). The molecule has 1 aromatic rings. The van der Waals surface area contributed by atoms with Gasteiger partial charge < -0.3 is 10.6 Å². The minimum atomic E-state index is -3.15. The Bertz CT molecular complexity index is 690. The topological polar surface area (TPSA) is 82.6 Å². The summed E-state index contributed by atoms with van der Waals surface area (Å²) >= 11 is 0. The largest absolute Gasteiger partial charge is 0.357 e. The van der Waals surface area contributed by atoms with Crippen molar-refractivity contribution < 1.29 is 12.8 Å². The minimum absolute atomic E-state index is 0.0830. The number of halogens is 1. The van der Waals surface area contributed by atoms with Gasteiger partial charge in [-0.3, -0.25) is 4.99 Å². The molecule has 0 atom stereocenters. The lowest BCUT2D eigenvalue weighted by molar-refractivity contribution is 0.529. The van der Waals surface area contributed by atoms with E-state index in [1.165, 1.54) is 12.1 Å².